The SMILES string of the molecule is CCC(C)N(CC(C)C)C(c1cccc(O)c1)c1cccc(C=O)c1.CCOC(=O)CCCN1CCN(C)CC1. The molecule has 1 fully saturated rings. The molecular formula is C33H51N3O4. The van der Waals surface area contributed by atoms with Crippen molar-refractivity contribution in [3.63, 3.8) is 0 Å². The first-order valence-electron chi connectivity index (χ1n) is 14.8. The number of nitrogens with zero attached hydrogens (tertiary/aromatic N) is 3. The van der Waals surface area contributed by atoms with Gasteiger partial charge >= 0.3 is 5.97 Å². The zero-order valence-corrected chi connectivity index (χ0v) is 25.5. The van der Waals surface area contributed by atoms with Crippen molar-refractivity contribution >= 4 is 12.3 Å². The second-order valence-corrected chi connectivity index (χ2v) is 11.2. The predicted molar refractivity (Wildman–Crippen MR) is 163 cm³/mol. The largest absolute Gasteiger partial charge is 0.508 e. The van der Waals surface area contributed by atoms with Crippen molar-refractivity contribution in [3.8, 4) is 5.75 Å². The Morgan fingerprint density at radius 2 is 1.68 bits per heavy atom. The van der Waals surface area contributed by atoms with Gasteiger partial charge in [-0.2, -0.15) is 0 Å². The number of piperazine rings is 1. The monoisotopic (exact) mass is 553 g/mol. The fraction of sp³-hybridized carbons (Fsp3) is 0.576. The highest BCUT2D eigenvalue weighted by Crippen LogP contribution is 2.33. The third-order valence-electron chi connectivity index (χ3n) is 7.37. The molecule has 1 aliphatic heterocycles. The highest BCUT2D eigenvalue weighted by atomic mass is 16.5. The minimum atomic E-state index is -0.0633. The van der Waals surface area contributed by atoms with Gasteiger partial charge in [0, 0.05) is 50.7 Å². The molecule has 0 bridgehead atoms. The molecule has 2 aromatic rings. The summed E-state index contributed by atoms with van der Waals surface area (Å²) in [5, 5.41) is 9.99. The summed E-state index contributed by atoms with van der Waals surface area (Å²) in [5.41, 5.74) is 2.80. The number of aldehydes is 1. The van der Waals surface area contributed by atoms with Crippen LogP contribution < -0.4 is 0 Å². The lowest BCUT2D eigenvalue weighted by Crippen LogP contribution is -2.44. The summed E-state index contributed by atoms with van der Waals surface area (Å²) in [6.45, 7) is 17.7. The zero-order chi connectivity index (χ0) is 29.5. The van der Waals surface area contributed by atoms with Crippen LogP contribution in [0.5, 0.6) is 5.75 Å². The lowest BCUT2D eigenvalue weighted by molar-refractivity contribution is -0.143. The van der Waals surface area contributed by atoms with Crippen LogP contribution >= 0.6 is 0 Å². The van der Waals surface area contributed by atoms with Gasteiger partial charge in [0.2, 0.25) is 0 Å². The number of carbonyl (C=O) groups is 2. The summed E-state index contributed by atoms with van der Waals surface area (Å²) < 4.78 is 4.88. The minimum Gasteiger partial charge on any atom is -0.508 e. The quantitative estimate of drug-likeness (QED) is 0.255. The second kappa shape index (κ2) is 17.8. The number of hydrogen-bond acceptors (Lipinski definition) is 7. The van der Waals surface area contributed by atoms with E-state index in [1.165, 1.54) is 0 Å². The van der Waals surface area contributed by atoms with Gasteiger partial charge in [0.25, 0.3) is 0 Å². The molecule has 2 atom stereocenters. The summed E-state index contributed by atoms with van der Waals surface area (Å²) in [6, 6.07) is 15.6. The van der Waals surface area contributed by atoms with E-state index in [-0.39, 0.29) is 17.8 Å². The Bertz CT molecular complexity index is 1020. The third kappa shape index (κ3) is 11.4. The molecule has 0 radical (unpaired) electrons. The first-order chi connectivity index (χ1) is 19.2. The maximum atomic E-state index is 11.3. The number of rotatable bonds is 13. The highest BCUT2D eigenvalue weighted by Gasteiger charge is 2.27. The summed E-state index contributed by atoms with van der Waals surface area (Å²) in [6.07, 6.45) is 3.40. The molecule has 40 heavy (non-hydrogen) atoms. The van der Waals surface area contributed by atoms with Crippen LogP contribution in [0.4, 0.5) is 0 Å². The lowest BCUT2D eigenvalue weighted by atomic mass is 9.93. The molecule has 1 saturated heterocycles. The molecule has 7 nitrogen and oxygen atoms in total. The van der Waals surface area contributed by atoms with E-state index in [0.717, 1.165) is 69.5 Å². The van der Waals surface area contributed by atoms with Crippen molar-refractivity contribution in [2.45, 2.75) is 66.0 Å². The molecule has 1 aliphatic rings. The van der Waals surface area contributed by atoms with Crippen LogP contribution in [0, 0.1) is 5.92 Å². The summed E-state index contributed by atoms with van der Waals surface area (Å²) >= 11 is 0. The van der Waals surface area contributed by atoms with Crippen molar-refractivity contribution in [2.75, 3.05) is 52.9 Å². The fourth-order valence-electron chi connectivity index (χ4n) is 5.02. The van der Waals surface area contributed by atoms with E-state index in [4.69, 9.17) is 4.74 Å². The van der Waals surface area contributed by atoms with E-state index in [0.29, 0.717) is 30.6 Å². The van der Waals surface area contributed by atoms with Gasteiger partial charge < -0.3 is 19.6 Å². The van der Waals surface area contributed by atoms with Gasteiger partial charge in [-0.25, -0.2) is 0 Å². The van der Waals surface area contributed by atoms with E-state index < -0.39 is 0 Å². The van der Waals surface area contributed by atoms with Gasteiger partial charge in [0.15, 0.2) is 0 Å². The number of likely N-dealkylation sites (N-methyl/N-ethyl adjacent to an activating group) is 1. The van der Waals surface area contributed by atoms with Gasteiger partial charge in [0.1, 0.15) is 12.0 Å². The Labute approximate surface area is 242 Å². The first kappa shape index (κ1) is 33.5. The molecule has 2 aromatic carbocycles. The predicted octanol–water partition coefficient (Wildman–Crippen LogP) is 5.63. The van der Waals surface area contributed by atoms with Gasteiger partial charge in [-0.05, 0) is 75.5 Å². The maximum Gasteiger partial charge on any atom is 0.305 e. The molecule has 0 spiro atoms. The number of carbonyl (C=O) groups excluding carboxylic acids is 2. The Hall–Kier alpha value is -2.74. The molecule has 0 aliphatic carbocycles. The smallest absolute Gasteiger partial charge is 0.305 e. The highest BCUT2D eigenvalue weighted by molar-refractivity contribution is 5.75. The van der Waals surface area contributed by atoms with E-state index in [1.807, 2.05) is 43.3 Å². The number of aromatic hydroxyl groups is 1. The van der Waals surface area contributed by atoms with E-state index in [9.17, 15) is 14.7 Å². The van der Waals surface area contributed by atoms with E-state index >= 15 is 0 Å². The molecule has 0 aromatic heterocycles. The van der Waals surface area contributed by atoms with E-state index in [2.05, 4.69) is 55.5 Å². The van der Waals surface area contributed by atoms with Crippen LogP contribution in [0.15, 0.2) is 48.5 Å². The summed E-state index contributed by atoms with van der Waals surface area (Å²) in [4.78, 5) is 29.6. The average Bonchev–Trinajstić information content (AvgIpc) is 2.94. The molecule has 1 N–H and O–H groups in total. The maximum absolute atomic E-state index is 11.3. The molecule has 3 rings (SSSR count). The van der Waals surface area contributed by atoms with Gasteiger partial charge in [-0.1, -0.05) is 51.1 Å². The van der Waals surface area contributed by atoms with Crippen molar-refractivity contribution < 1.29 is 19.4 Å². The normalized spacial score (nSPS) is 15.8. The van der Waals surface area contributed by atoms with Crippen molar-refractivity contribution in [3.05, 3.63) is 65.2 Å². The van der Waals surface area contributed by atoms with Crippen LogP contribution in [-0.2, 0) is 9.53 Å². The van der Waals surface area contributed by atoms with Crippen LogP contribution in [0.1, 0.15) is 81.4 Å². The second-order valence-electron chi connectivity index (χ2n) is 11.2. The first-order valence-corrected chi connectivity index (χ1v) is 14.8. The molecule has 1 heterocycles. The van der Waals surface area contributed by atoms with Crippen LogP contribution in [0.2, 0.25) is 0 Å². The van der Waals surface area contributed by atoms with E-state index in [1.54, 1.807) is 6.07 Å². The fourth-order valence-corrected chi connectivity index (χ4v) is 5.02. The Morgan fingerprint density at radius 1 is 1.02 bits per heavy atom. The van der Waals surface area contributed by atoms with Gasteiger partial charge in [0.05, 0.1) is 12.6 Å². The Balaban J connectivity index is 0.000000319. The molecule has 222 valence electrons. The molecule has 0 saturated carbocycles. The Morgan fingerprint density at radius 3 is 2.25 bits per heavy atom. The number of esters is 1. The van der Waals surface area contributed by atoms with Crippen molar-refractivity contribution in [1.82, 2.24) is 14.7 Å². The number of benzene rings is 2. The van der Waals surface area contributed by atoms with Crippen LogP contribution in [0.3, 0.4) is 0 Å². The number of ether oxygens (including phenoxy) is 1. The van der Waals surface area contributed by atoms with Crippen molar-refractivity contribution in [1.29, 1.82) is 0 Å². The lowest BCUT2D eigenvalue weighted by Gasteiger charge is -2.38. The summed E-state index contributed by atoms with van der Waals surface area (Å²) in [7, 11) is 2.15. The Kier molecular flexibility index (Phi) is 14.9. The van der Waals surface area contributed by atoms with Gasteiger partial charge in [-0.15, -0.1) is 0 Å². The molecule has 2 unspecified atom stereocenters. The topological polar surface area (TPSA) is 73.3 Å². The minimum absolute atomic E-state index is 0.00403. The number of hydrogen-bond donors (Lipinski definition) is 1. The summed E-state index contributed by atoms with van der Waals surface area (Å²) in [5.74, 6) is 0.720. The third-order valence-corrected chi connectivity index (χ3v) is 7.37. The standard InChI is InChI=1S/C22H29NO2.C11H22N2O2/c1-5-17(4)23(14-16(2)3)22(20-10-7-11-21(25)13-20)19-9-6-8-18(12-19)15-24;1-3-15-11(14)5-4-6-13-9-7-12(2)8-10-13/h6-13,15-17,22,25H,5,14H2,1-4H3;3-10H2,1-2H3. The molecule has 7 heteroatoms. The molecular weight excluding hydrogens is 502 g/mol. The zero-order valence-electron chi connectivity index (χ0n) is 25.5. The number of phenols is 1. The average molecular weight is 554 g/mol. The number of phenolic OH excluding ortho intramolecular Hbond substituents is 1. The van der Waals surface area contributed by atoms with Crippen LogP contribution in [-0.4, -0.2) is 91.0 Å². The van der Waals surface area contributed by atoms with Crippen molar-refractivity contribution in [2.24, 2.45) is 5.92 Å². The van der Waals surface area contributed by atoms with Crippen LogP contribution in [0.25, 0.3) is 0 Å². The molecule has 0 amide bonds. The van der Waals surface area contributed by atoms with Gasteiger partial charge in [-0.3, -0.25) is 14.5 Å².